The van der Waals surface area contributed by atoms with Crippen molar-refractivity contribution in [1.82, 2.24) is 14.7 Å². The summed E-state index contributed by atoms with van der Waals surface area (Å²) < 4.78 is 5.02. The molecule has 7 nitrogen and oxygen atoms in total. The number of hydrogen-bond acceptors (Lipinski definition) is 5. The van der Waals surface area contributed by atoms with Gasteiger partial charge in [-0.05, 0) is 26.3 Å². The van der Waals surface area contributed by atoms with Gasteiger partial charge in [0, 0.05) is 39.3 Å². The molecule has 2 fully saturated rings. The smallest absolute Gasteiger partial charge is 0.312 e. The average Bonchev–Trinajstić information content (AvgIpc) is 2.61. The molecule has 2 saturated heterocycles. The van der Waals surface area contributed by atoms with Gasteiger partial charge in [-0.1, -0.05) is 6.92 Å². The molecule has 2 aliphatic rings. The maximum atomic E-state index is 12.4. The summed E-state index contributed by atoms with van der Waals surface area (Å²) in [5.74, 6) is -1.18. The van der Waals surface area contributed by atoms with Crippen LogP contribution in [0.1, 0.15) is 26.7 Å². The lowest BCUT2D eigenvalue weighted by Gasteiger charge is -2.36. The molecule has 0 N–H and O–H groups in total. The van der Waals surface area contributed by atoms with Crippen molar-refractivity contribution >= 4 is 17.8 Å². The summed E-state index contributed by atoms with van der Waals surface area (Å²) in [4.78, 5) is 41.9. The summed E-state index contributed by atoms with van der Waals surface area (Å²) >= 11 is 0. The molecule has 0 bridgehead atoms. The Kier molecular flexibility index (Phi) is 6.38. The first-order valence-electron chi connectivity index (χ1n) is 8.54. The van der Waals surface area contributed by atoms with Crippen molar-refractivity contribution in [2.75, 3.05) is 52.4 Å². The molecule has 0 spiro atoms. The van der Waals surface area contributed by atoms with E-state index < -0.39 is 11.8 Å². The quantitative estimate of drug-likeness (QED) is 0.538. The van der Waals surface area contributed by atoms with E-state index in [1.165, 1.54) is 0 Å². The molecular formula is C16H27N3O4. The molecule has 0 aromatic rings. The summed E-state index contributed by atoms with van der Waals surface area (Å²) in [6.45, 7) is 8.98. The van der Waals surface area contributed by atoms with Crippen LogP contribution in [0.4, 0.5) is 0 Å². The van der Waals surface area contributed by atoms with Crippen LogP contribution in [0.5, 0.6) is 0 Å². The molecule has 7 heteroatoms. The first kappa shape index (κ1) is 17.7. The number of carbonyl (C=O) groups is 3. The molecule has 0 saturated carbocycles. The zero-order valence-electron chi connectivity index (χ0n) is 14.1. The normalized spacial score (nSPS) is 20.4. The number of carbonyl (C=O) groups excluding carboxylic acids is 3. The Hall–Kier alpha value is -1.63. The summed E-state index contributed by atoms with van der Waals surface area (Å²) in [7, 11) is 0. The topological polar surface area (TPSA) is 70.2 Å². The van der Waals surface area contributed by atoms with Crippen LogP contribution in [-0.2, 0) is 19.1 Å². The standard InChI is InChI=1S/C16H27N3O4/c1-3-17-9-11-19(12-10-17)15(21)14(20)18-7-5-13(6-8-18)16(22)23-4-2/h13H,3-12H2,1-2H3. The van der Waals surface area contributed by atoms with E-state index in [1.54, 1.807) is 16.7 Å². The maximum Gasteiger partial charge on any atom is 0.312 e. The van der Waals surface area contributed by atoms with E-state index in [2.05, 4.69) is 11.8 Å². The molecule has 2 heterocycles. The van der Waals surface area contributed by atoms with Gasteiger partial charge in [-0.2, -0.15) is 0 Å². The van der Waals surface area contributed by atoms with Crippen LogP contribution in [0.2, 0.25) is 0 Å². The SMILES string of the molecule is CCOC(=O)C1CCN(C(=O)C(=O)N2CCN(CC)CC2)CC1. The molecule has 0 atom stereocenters. The van der Waals surface area contributed by atoms with E-state index in [-0.39, 0.29) is 11.9 Å². The van der Waals surface area contributed by atoms with E-state index in [0.717, 1.165) is 19.6 Å². The van der Waals surface area contributed by atoms with Crippen molar-refractivity contribution in [3.8, 4) is 0 Å². The van der Waals surface area contributed by atoms with Gasteiger partial charge in [0.25, 0.3) is 0 Å². The number of amides is 2. The lowest BCUT2D eigenvalue weighted by molar-refractivity contribution is -0.156. The molecule has 0 aliphatic carbocycles. The Morgan fingerprint density at radius 1 is 0.870 bits per heavy atom. The number of rotatable bonds is 3. The first-order chi connectivity index (χ1) is 11.1. The highest BCUT2D eigenvalue weighted by Gasteiger charge is 2.33. The van der Waals surface area contributed by atoms with E-state index in [4.69, 9.17) is 4.74 Å². The van der Waals surface area contributed by atoms with Crippen LogP contribution >= 0.6 is 0 Å². The molecule has 0 radical (unpaired) electrons. The second-order valence-corrected chi connectivity index (χ2v) is 6.04. The van der Waals surface area contributed by atoms with E-state index >= 15 is 0 Å². The third-order valence-corrected chi connectivity index (χ3v) is 4.69. The second-order valence-electron chi connectivity index (χ2n) is 6.04. The predicted molar refractivity (Wildman–Crippen MR) is 84.6 cm³/mol. The fourth-order valence-corrected chi connectivity index (χ4v) is 3.12. The summed E-state index contributed by atoms with van der Waals surface area (Å²) in [5.41, 5.74) is 0. The van der Waals surface area contributed by atoms with E-state index in [9.17, 15) is 14.4 Å². The van der Waals surface area contributed by atoms with Gasteiger partial charge in [0.1, 0.15) is 0 Å². The number of esters is 1. The van der Waals surface area contributed by atoms with Crippen LogP contribution in [0.15, 0.2) is 0 Å². The van der Waals surface area contributed by atoms with Crippen molar-refractivity contribution in [3.63, 3.8) is 0 Å². The molecule has 130 valence electrons. The minimum atomic E-state index is -0.433. The predicted octanol–water partition coefficient (Wildman–Crippen LogP) is -0.0478. The number of likely N-dealkylation sites (tertiary alicyclic amines) is 1. The van der Waals surface area contributed by atoms with Gasteiger partial charge in [0.15, 0.2) is 0 Å². The lowest BCUT2D eigenvalue weighted by Crippen LogP contribution is -2.54. The molecule has 0 aromatic carbocycles. The Morgan fingerprint density at radius 2 is 1.39 bits per heavy atom. The van der Waals surface area contributed by atoms with Crippen LogP contribution in [0.25, 0.3) is 0 Å². The van der Waals surface area contributed by atoms with Gasteiger partial charge in [-0.15, -0.1) is 0 Å². The first-order valence-corrected chi connectivity index (χ1v) is 8.54. The zero-order valence-corrected chi connectivity index (χ0v) is 14.1. The molecule has 2 rings (SSSR count). The Labute approximate surface area is 137 Å². The van der Waals surface area contributed by atoms with Gasteiger partial charge in [0.2, 0.25) is 0 Å². The zero-order chi connectivity index (χ0) is 16.8. The summed E-state index contributed by atoms with van der Waals surface area (Å²) in [6, 6.07) is 0. The van der Waals surface area contributed by atoms with Gasteiger partial charge in [-0.3, -0.25) is 14.4 Å². The number of nitrogens with zero attached hydrogens (tertiary/aromatic N) is 3. The molecule has 2 amide bonds. The summed E-state index contributed by atoms with van der Waals surface area (Å²) in [6.07, 6.45) is 1.14. The van der Waals surface area contributed by atoms with Gasteiger partial charge < -0.3 is 19.4 Å². The van der Waals surface area contributed by atoms with E-state index in [0.29, 0.717) is 45.6 Å². The number of likely N-dealkylation sites (N-methyl/N-ethyl adjacent to an activating group) is 1. The fourth-order valence-electron chi connectivity index (χ4n) is 3.12. The molecule has 0 unspecified atom stereocenters. The minimum absolute atomic E-state index is 0.151. The van der Waals surface area contributed by atoms with Crippen LogP contribution < -0.4 is 0 Å². The van der Waals surface area contributed by atoms with Crippen molar-refractivity contribution in [2.45, 2.75) is 26.7 Å². The average molecular weight is 325 g/mol. The Bertz CT molecular complexity index is 439. The van der Waals surface area contributed by atoms with E-state index in [1.807, 2.05) is 0 Å². The third kappa shape index (κ3) is 4.43. The number of ether oxygens (including phenoxy) is 1. The second kappa shape index (κ2) is 8.29. The van der Waals surface area contributed by atoms with Crippen LogP contribution in [0, 0.1) is 5.92 Å². The van der Waals surface area contributed by atoms with Crippen molar-refractivity contribution in [1.29, 1.82) is 0 Å². The largest absolute Gasteiger partial charge is 0.466 e. The molecular weight excluding hydrogens is 298 g/mol. The van der Waals surface area contributed by atoms with Crippen molar-refractivity contribution < 1.29 is 19.1 Å². The van der Waals surface area contributed by atoms with Gasteiger partial charge in [0.05, 0.1) is 12.5 Å². The molecule has 0 aromatic heterocycles. The van der Waals surface area contributed by atoms with Crippen molar-refractivity contribution in [2.24, 2.45) is 5.92 Å². The maximum absolute atomic E-state index is 12.4. The summed E-state index contributed by atoms with van der Waals surface area (Å²) in [5, 5.41) is 0. The highest BCUT2D eigenvalue weighted by Crippen LogP contribution is 2.19. The fraction of sp³-hybridized carbons (Fsp3) is 0.812. The Balaban J connectivity index is 1.80. The lowest BCUT2D eigenvalue weighted by atomic mass is 9.97. The van der Waals surface area contributed by atoms with Crippen LogP contribution in [0.3, 0.4) is 0 Å². The van der Waals surface area contributed by atoms with Crippen LogP contribution in [-0.4, -0.2) is 84.9 Å². The monoisotopic (exact) mass is 325 g/mol. The van der Waals surface area contributed by atoms with Gasteiger partial charge >= 0.3 is 17.8 Å². The van der Waals surface area contributed by atoms with Crippen molar-refractivity contribution in [3.05, 3.63) is 0 Å². The molecule has 2 aliphatic heterocycles. The number of hydrogen-bond donors (Lipinski definition) is 0. The Morgan fingerprint density at radius 3 is 1.87 bits per heavy atom. The van der Waals surface area contributed by atoms with Gasteiger partial charge in [-0.25, -0.2) is 0 Å². The minimum Gasteiger partial charge on any atom is -0.466 e. The number of piperidine rings is 1. The number of piperazine rings is 1. The highest BCUT2D eigenvalue weighted by molar-refractivity contribution is 6.34. The third-order valence-electron chi connectivity index (χ3n) is 4.69. The highest BCUT2D eigenvalue weighted by atomic mass is 16.5. The molecule has 23 heavy (non-hydrogen) atoms.